The van der Waals surface area contributed by atoms with Crippen LogP contribution in [0, 0.1) is 6.92 Å². The fraction of sp³-hybridized carbons (Fsp3) is 0.600. The monoisotopic (exact) mass is 233 g/mol. The summed E-state index contributed by atoms with van der Waals surface area (Å²) in [6, 6.07) is 8.94. The molecule has 0 amide bonds. The van der Waals surface area contributed by atoms with E-state index in [1.54, 1.807) is 0 Å². The third kappa shape index (κ3) is 3.47. The van der Waals surface area contributed by atoms with Gasteiger partial charge in [0.05, 0.1) is 0 Å². The second kappa shape index (κ2) is 6.06. The van der Waals surface area contributed by atoms with Gasteiger partial charge >= 0.3 is 0 Å². The molecule has 0 heterocycles. The van der Waals surface area contributed by atoms with E-state index in [2.05, 4.69) is 37.4 Å². The standard InChI is InChI=1S/C15H23NO/c1-3-10-16-13-8-9-14(11-13)17-15-7-5-4-6-12(15)2/h4-7,13-14,16H,3,8-11H2,1-2H3. The number of hydrogen-bond donors (Lipinski definition) is 1. The molecule has 1 saturated carbocycles. The van der Waals surface area contributed by atoms with Crippen LogP contribution in [0.2, 0.25) is 0 Å². The van der Waals surface area contributed by atoms with Crippen LogP contribution in [0.4, 0.5) is 0 Å². The van der Waals surface area contributed by atoms with Gasteiger partial charge in [-0.2, -0.15) is 0 Å². The van der Waals surface area contributed by atoms with Gasteiger partial charge in [-0.1, -0.05) is 25.1 Å². The molecule has 1 aliphatic carbocycles. The van der Waals surface area contributed by atoms with Crippen molar-refractivity contribution in [3.63, 3.8) is 0 Å². The van der Waals surface area contributed by atoms with Gasteiger partial charge in [0.25, 0.3) is 0 Å². The third-order valence-corrected chi connectivity index (χ3v) is 3.45. The van der Waals surface area contributed by atoms with Gasteiger partial charge in [-0.05, 0) is 50.8 Å². The molecular weight excluding hydrogens is 210 g/mol. The SMILES string of the molecule is CCCNC1CCC(Oc2ccccc2C)C1. The predicted octanol–water partition coefficient (Wildman–Crippen LogP) is 3.29. The van der Waals surface area contributed by atoms with Crippen LogP contribution in [-0.4, -0.2) is 18.7 Å². The molecule has 0 bridgehead atoms. The Bertz CT molecular complexity index is 351. The molecule has 1 fully saturated rings. The van der Waals surface area contributed by atoms with Gasteiger partial charge in [-0.15, -0.1) is 0 Å². The zero-order valence-corrected chi connectivity index (χ0v) is 10.9. The first-order valence-corrected chi connectivity index (χ1v) is 6.75. The number of hydrogen-bond acceptors (Lipinski definition) is 2. The van der Waals surface area contributed by atoms with Crippen molar-refractivity contribution >= 4 is 0 Å². The van der Waals surface area contributed by atoms with Crippen LogP contribution in [0.15, 0.2) is 24.3 Å². The lowest BCUT2D eigenvalue weighted by molar-refractivity contribution is 0.205. The zero-order valence-electron chi connectivity index (χ0n) is 10.9. The largest absolute Gasteiger partial charge is 0.490 e. The molecule has 2 atom stereocenters. The maximum atomic E-state index is 6.08. The molecule has 2 rings (SSSR count). The fourth-order valence-electron chi connectivity index (χ4n) is 2.45. The Morgan fingerprint density at radius 3 is 2.88 bits per heavy atom. The van der Waals surface area contributed by atoms with Crippen LogP contribution in [0.5, 0.6) is 5.75 Å². The highest BCUT2D eigenvalue weighted by atomic mass is 16.5. The first-order chi connectivity index (χ1) is 8.29. The van der Waals surface area contributed by atoms with Crippen molar-refractivity contribution in [2.24, 2.45) is 0 Å². The molecule has 1 aromatic carbocycles. The van der Waals surface area contributed by atoms with E-state index in [-0.39, 0.29) is 0 Å². The van der Waals surface area contributed by atoms with Crippen molar-refractivity contribution in [2.45, 2.75) is 51.7 Å². The maximum Gasteiger partial charge on any atom is 0.122 e. The smallest absolute Gasteiger partial charge is 0.122 e. The zero-order chi connectivity index (χ0) is 12.1. The molecule has 2 nitrogen and oxygen atoms in total. The lowest BCUT2D eigenvalue weighted by atomic mass is 10.2. The number of benzene rings is 1. The highest BCUT2D eigenvalue weighted by Gasteiger charge is 2.25. The Morgan fingerprint density at radius 2 is 2.12 bits per heavy atom. The van der Waals surface area contributed by atoms with Gasteiger partial charge in [0.1, 0.15) is 11.9 Å². The van der Waals surface area contributed by atoms with E-state index in [1.807, 2.05) is 6.07 Å². The van der Waals surface area contributed by atoms with Crippen LogP contribution >= 0.6 is 0 Å². The average Bonchev–Trinajstić information content (AvgIpc) is 2.77. The summed E-state index contributed by atoms with van der Waals surface area (Å²) >= 11 is 0. The molecule has 17 heavy (non-hydrogen) atoms. The summed E-state index contributed by atoms with van der Waals surface area (Å²) in [5, 5.41) is 3.58. The molecule has 0 spiro atoms. The normalized spacial score (nSPS) is 23.9. The first kappa shape index (κ1) is 12.4. The number of nitrogens with one attached hydrogen (secondary N) is 1. The van der Waals surface area contributed by atoms with E-state index in [9.17, 15) is 0 Å². The molecule has 0 saturated heterocycles. The summed E-state index contributed by atoms with van der Waals surface area (Å²) in [5.41, 5.74) is 1.23. The van der Waals surface area contributed by atoms with Gasteiger partial charge in [0, 0.05) is 6.04 Å². The Hall–Kier alpha value is -1.02. The molecule has 0 aliphatic heterocycles. The van der Waals surface area contributed by atoms with Crippen LogP contribution in [0.1, 0.15) is 38.2 Å². The van der Waals surface area contributed by atoms with E-state index >= 15 is 0 Å². The molecule has 1 N–H and O–H groups in total. The minimum absolute atomic E-state index is 0.394. The second-order valence-electron chi connectivity index (χ2n) is 4.97. The van der Waals surface area contributed by atoms with Gasteiger partial charge < -0.3 is 10.1 Å². The first-order valence-electron chi connectivity index (χ1n) is 6.75. The molecule has 94 valence electrons. The Kier molecular flexibility index (Phi) is 4.43. The molecule has 2 unspecified atom stereocenters. The summed E-state index contributed by atoms with van der Waals surface area (Å²) in [5.74, 6) is 1.05. The predicted molar refractivity (Wildman–Crippen MR) is 71.5 cm³/mol. The van der Waals surface area contributed by atoms with Crippen molar-refractivity contribution in [3.05, 3.63) is 29.8 Å². The summed E-state index contributed by atoms with van der Waals surface area (Å²) < 4.78 is 6.08. The fourth-order valence-corrected chi connectivity index (χ4v) is 2.45. The minimum atomic E-state index is 0.394. The van der Waals surface area contributed by atoms with Crippen molar-refractivity contribution in [2.75, 3.05) is 6.54 Å². The Morgan fingerprint density at radius 1 is 1.29 bits per heavy atom. The molecule has 1 aromatic rings. The molecule has 0 aromatic heterocycles. The topological polar surface area (TPSA) is 21.3 Å². The third-order valence-electron chi connectivity index (χ3n) is 3.45. The van der Waals surface area contributed by atoms with E-state index in [4.69, 9.17) is 4.74 Å². The summed E-state index contributed by atoms with van der Waals surface area (Å²) in [4.78, 5) is 0. The van der Waals surface area contributed by atoms with Crippen LogP contribution in [0.25, 0.3) is 0 Å². The lowest BCUT2D eigenvalue weighted by Gasteiger charge is -2.16. The number of ether oxygens (including phenoxy) is 1. The molecule has 1 aliphatic rings. The highest BCUT2D eigenvalue weighted by molar-refractivity contribution is 5.32. The second-order valence-corrected chi connectivity index (χ2v) is 4.97. The quantitative estimate of drug-likeness (QED) is 0.842. The van der Waals surface area contributed by atoms with Gasteiger partial charge in [-0.25, -0.2) is 0 Å². The number of para-hydroxylation sites is 1. The van der Waals surface area contributed by atoms with Crippen molar-refractivity contribution in [1.29, 1.82) is 0 Å². The number of aryl methyl sites for hydroxylation is 1. The average molecular weight is 233 g/mol. The van der Waals surface area contributed by atoms with Crippen LogP contribution in [0.3, 0.4) is 0 Å². The summed E-state index contributed by atoms with van der Waals surface area (Å²) in [6.07, 6.45) is 5.17. The lowest BCUT2D eigenvalue weighted by Crippen LogP contribution is -2.28. The van der Waals surface area contributed by atoms with E-state index in [0.717, 1.165) is 18.7 Å². The maximum absolute atomic E-state index is 6.08. The van der Waals surface area contributed by atoms with E-state index in [1.165, 1.54) is 24.8 Å². The van der Waals surface area contributed by atoms with Crippen LogP contribution < -0.4 is 10.1 Å². The summed E-state index contributed by atoms with van der Waals surface area (Å²) in [6.45, 7) is 5.45. The minimum Gasteiger partial charge on any atom is -0.490 e. The van der Waals surface area contributed by atoms with Gasteiger partial charge in [-0.3, -0.25) is 0 Å². The molecule has 0 radical (unpaired) electrons. The van der Waals surface area contributed by atoms with Crippen molar-refractivity contribution in [3.8, 4) is 5.75 Å². The van der Waals surface area contributed by atoms with Gasteiger partial charge in [0.15, 0.2) is 0 Å². The van der Waals surface area contributed by atoms with Gasteiger partial charge in [0.2, 0.25) is 0 Å². The van der Waals surface area contributed by atoms with Crippen LogP contribution in [-0.2, 0) is 0 Å². The molecular formula is C15H23NO. The van der Waals surface area contributed by atoms with E-state index < -0.39 is 0 Å². The Balaban J connectivity index is 1.83. The molecule has 2 heteroatoms. The van der Waals surface area contributed by atoms with E-state index in [0.29, 0.717) is 12.1 Å². The number of rotatable bonds is 5. The van der Waals surface area contributed by atoms with Crippen molar-refractivity contribution < 1.29 is 4.74 Å². The summed E-state index contributed by atoms with van der Waals surface area (Å²) in [7, 11) is 0. The van der Waals surface area contributed by atoms with Crippen molar-refractivity contribution in [1.82, 2.24) is 5.32 Å². The Labute approximate surface area is 104 Å². The highest BCUT2D eigenvalue weighted by Crippen LogP contribution is 2.26.